The Bertz CT molecular complexity index is 173. The quantitative estimate of drug-likeness (QED) is 0.820. The van der Waals surface area contributed by atoms with E-state index in [9.17, 15) is 0 Å². The number of nitrogens with one attached hydrogen (secondary N) is 1. The molecule has 3 heteroatoms. The van der Waals surface area contributed by atoms with Gasteiger partial charge >= 0.3 is 0 Å². The maximum atomic E-state index is 5.39. The average molecular weight is 242 g/mol. The first-order valence-corrected chi connectivity index (χ1v) is 7.34. The van der Waals surface area contributed by atoms with Gasteiger partial charge in [-0.3, -0.25) is 0 Å². The summed E-state index contributed by atoms with van der Waals surface area (Å²) in [7, 11) is 1.84. The van der Waals surface area contributed by atoms with Gasteiger partial charge in [-0.05, 0) is 44.7 Å². The van der Waals surface area contributed by atoms with Gasteiger partial charge in [-0.2, -0.15) is 0 Å². The maximum Gasteiger partial charge on any atom is 0.0595 e. The van der Waals surface area contributed by atoms with Crippen molar-refractivity contribution in [3.63, 3.8) is 0 Å². The predicted octanol–water partition coefficient (Wildman–Crippen LogP) is 2.12. The van der Waals surface area contributed by atoms with Gasteiger partial charge in [-0.15, -0.1) is 0 Å². The van der Waals surface area contributed by atoms with E-state index in [2.05, 4.69) is 10.2 Å². The molecule has 0 radical (unpaired) electrons. The maximum absolute atomic E-state index is 5.39. The second kappa shape index (κ2) is 8.90. The zero-order chi connectivity index (χ0) is 12.5. The minimum Gasteiger partial charge on any atom is -0.381 e. The summed E-state index contributed by atoms with van der Waals surface area (Å²) in [6, 6.07) is 0. The number of likely N-dealkylation sites (tertiary alicyclic amines) is 1. The second-order valence-corrected chi connectivity index (χ2v) is 4.93. The van der Waals surface area contributed by atoms with Crippen molar-refractivity contribution in [3.05, 3.63) is 0 Å². The van der Waals surface area contributed by atoms with Crippen molar-refractivity contribution in [2.75, 3.05) is 39.8 Å². The first-order chi connectivity index (χ1) is 8.38. The zero-order valence-corrected chi connectivity index (χ0v) is 11.9. The Morgan fingerprint density at radius 3 is 2.18 bits per heavy atom. The molecule has 0 spiro atoms. The molecule has 0 bridgehead atoms. The third kappa shape index (κ3) is 5.36. The summed E-state index contributed by atoms with van der Waals surface area (Å²) in [5.74, 6) is 0.936. The largest absolute Gasteiger partial charge is 0.381 e. The lowest BCUT2D eigenvalue weighted by Gasteiger charge is -2.34. The van der Waals surface area contributed by atoms with E-state index in [0.29, 0.717) is 6.10 Å². The van der Waals surface area contributed by atoms with Gasteiger partial charge in [0.1, 0.15) is 0 Å². The van der Waals surface area contributed by atoms with Crippen LogP contribution in [0.3, 0.4) is 0 Å². The standard InChI is InChI=1S/C12H24N2O.C2H6/c1-15-12-4-8-14(9-5-12)10-11-2-6-13-7-3-11;1-2/h11-13H,2-10H2,1H3;1-2H3. The fourth-order valence-corrected chi connectivity index (χ4v) is 2.76. The highest BCUT2D eigenvalue weighted by atomic mass is 16.5. The molecule has 2 rings (SSSR count). The zero-order valence-electron chi connectivity index (χ0n) is 11.9. The minimum absolute atomic E-state index is 0.522. The monoisotopic (exact) mass is 242 g/mol. The number of methoxy groups -OCH3 is 1. The number of piperidine rings is 2. The number of rotatable bonds is 3. The van der Waals surface area contributed by atoms with Crippen LogP contribution in [0.5, 0.6) is 0 Å². The molecule has 2 aliphatic rings. The highest BCUT2D eigenvalue weighted by molar-refractivity contribution is 4.77. The number of hydrogen-bond donors (Lipinski definition) is 1. The van der Waals surface area contributed by atoms with Crippen molar-refractivity contribution in [1.82, 2.24) is 10.2 Å². The summed E-state index contributed by atoms with van der Waals surface area (Å²) in [5.41, 5.74) is 0. The van der Waals surface area contributed by atoms with Gasteiger partial charge in [0.25, 0.3) is 0 Å². The predicted molar refractivity (Wildman–Crippen MR) is 73.4 cm³/mol. The summed E-state index contributed by atoms with van der Waals surface area (Å²) >= 11 is 0. The van der Waals surface area contributed by atoms with Crippen molar-refractivity contribution >= 4 is 0 Å². The summed E-state index contributed by atoms with van der Waals surface area (Å²) in [6.45, 7) is 10.2. The number of nitrogens with zero attached hydrogens (tertiary/aromatic N) is 1. The Morgan fingerprint density at radius 2 is 1.65 bits per heavy atom. The molecule has 0 unspecified atom stereocenters. The lowest BCUT2D eigenvalue weighted by atomic mass is 9.96. The molecule has 0 atom stereocenters. The molecule has 0 aliphatic carbocycles. The van der Waals surface area contributed by atoms with Gasteiger partial charge in [0, 0.05) is 26.7 Å². The smallest absolute Gasteiger partial charge is 0.0595 e. The Morgan fingerprint density at radius 1 is 1.06 bits per heavy atom. The van der Waals surface area contributed by atoms with E-state index >= 15 is 0 Å². The van der Waals surface area contributed by atoms with Crippen molar-refractivity contribution < 1.29 is 4.74 Å². The summed E-state index contributed by atoms with van der Waals surface area (Å²) in [6.07, 6.45) is 5.70. The van der Waals surface area contributed by atoms with E-state index in [1.165, 1.54) is 58.4 Å². The van der Waals surface area contributed by atoms with Gasteiger partial charge in [-0.1, -0.05) is 13.8 Å². The van der Waals surface area contributed by atoms with Gasteiger partial charge in [-0.25, -0.2) is 0 Å². The average Bonchev–Trinajstić information content (AvgIpc) is 2.43. The van der Waals surface area contributed by atoms with Crippen molar-refractivity contribution in [2.45, 2.75) is 45.6 Å². The van der Waals surface area contributed by atoms with Crippen LogP contribution < -0.4 is 5.32 Å². The van der Waals surface area contributed by atoms with Gasteiger partial charge in [0.15, 0.2) is 0 Å². The van der Waals surface area contributed by atoms with E-state index in [-0.39, 0.29) is 0 Å². The van der Waals surface area contributed by atoms with Gasteiger partial charge in [0.05, 0.1) is 6.10 Å². The molecule has 102 valence electrons. The molecule has 17 heavy (non-hydrogen) atoms. The third-order valence-corrected chi connectivity index (χ3v) is 3.84. The van der Waals surface area contributed by atoms with E-state index < -0.39 is 0 Å². The highest BCUT2D eigenvalue weighted by Crippen LogP contribution is 2.18. The molecule has 2 fully saturated rings. The molecular formula is C14H30N2O. The number of hydrogen-bond acceptors (Lipinski definition) is 3. The van der Waals surface area contributed by atoms with Crippen LogP contribution in [0.4, 0.5) is 0 Å². The molecule has 2 aliphatic heterocycles. The molecule has 0 aromatic rings. The first kappa shape index (κ1) is 14.9. The van der Waals surface area contributed by atoms with Crippen molar-refractivity contribution in [1.29, 1.82) is 0 Å². The van der Waals surface area contributed by atoms with E-state index in [0.717, 1.165) is 5.92 Å². The Balaban J connectivity index is 0.000000686. The summed E-state index contributed by atoms with van der Waals surface area (Å²) in [5, 5.41) is 3.43. The molecule has 0 aromatic heterocycles. The van der Waals surface area contributed by atoms with Crippen LogP contribution >= 0.6 is 0 Å². The summed E-state index contributed by atoms with van der Waals surface area (Å²) < 4.78 is 5.39. The lowest BCUT2D eigenvalue weighted by Crippen LogP contribution is -2.41. The van der Waals surface area contributed by atoms with E-state index in [1.54, 1.807) is 0 Å². The Labute approximate surface area is 107 Å². The SMILES string of the molecule is CC.COC1CCN(CC2CCNCC2)CC1. The van der Waals surface area contributed by atoms with Crippen LogP contribution in [0.1, 0.15) is 39.5 Å². The van der Waals surface area contributed by atoms with Crippen LogP contribution in [0.15, 0.2) is 0 Å². The van der Waals surface area contributed by atoms with E-state index in [4.69, 9.17) is 4.74 Å². The molecule has 2 heterocycles. The number of ether oxygens (including phenoxy) is 1. The minimum atomic E-state index is 0.522. The summed E-state index contributed by atoms with van der Waals surface area (Å²) in [4.78, 5) is 2.63. The van der Waals surface area contributed by atoms with Gasteiger partial charge in [0.2, 0.25) is 0 Å². The molecule has 3 nitrogen and oxygen atoms in total. The molecule has 0 saturated carbocycles. The molecular weight excluding hydrogens is 212 g/mol. The van der Waals surface area contributed by atoms with Crippen LogP contribution in [-0.2, 0) is 4.74 Å². The molecule has 1 N–H and O–H groups in total. The van der Waals surface area contributed by atoms with E-state index in [1.807, 2.05) is 21.0 Å². The Hall–Kier alpha value is -0.120. The van der Waals surface area contributed by atoms with Crippen molar-refractivity contribution in [3.8, 4) is 0 Å². The van der Waals surface area contributed by atoms with Crippen LogP contribution in [0.2, 0.25) is 0 Å². The van der Waals surface area contributed by atoms with Crippen LogP contribution in [-0.4, -0.2) is 50.8 Å². The lowest BCUT2D eigenvalue weighted by molar-refractivity contribution is 0.0350. The van der Waals surface area contributed by atoms with Crippen LogP contribution in [0, 0.1) is 5.92 Å². The molecule has 0 aromatic carbocycles. The second-order valence-electron chi connectivity index (χ2n) is 4.93. The third-order valence-electron chi connectivity index (χ3n) is 3.84. The normalized spacial score (nSPS) is 24.2. The highest BCUT2D eigenvalue weighted by Gasteiger charge is 2.22. The van der Waals surface area contributed by atoms with Crippen molar-refractivity contribution in [2.24, 2.45) is 5.92 Å². The first-order valence-electron chi connectivity index (χ1n) is 7.34. The van der Waals surface area contributed by atoms with Crippen LogP contribution in [0.25, 0.3) is 0 Å². The Kier molecular flexibility index (Phi) is 7.82. The van der Waals surface area contributed by atoms with Gasteiger partial charge < -0.3 is 15.0 Å². The fraction of sp³-hybridized carbons (Fsp3) is 1.00. The fourth-order valence-electron chi connectivity index (χ4n) is 2.76. The topological polar surface area (TPSA) is 24.5 Å². The molecule has 2 saturated heterocycles. The molecule has 0 amide bonds.